The lowest BCUT2D eigenvalue weighted by molar-refractivity contribution is 0.279. The van der Waals surface area contributed by atoms with Crippen molar-refractivity contribution in [1.82, 2.24) is 4.90 Å². The van der Waals surface area contributed by atoms with Gasteiger partial charge in [0.2, 0.25) is 0 Å². The predicted octanol–water partition coefficient (Wildman–Crippen LogP) is 2.58. The lowest BCUT2D eigenvalue weighted by Crippen LogP contribution is -2.31. The van der Waals surface area contributed by atoms with Gasteiger partial charge >= 0.3 is 0 Å². The van der Waals surface area contributed by atoms with Crippen LogP contribution in [-0.4, -0.2) is 25.0 Å². The first-order chi connectivity index (χ1) is 7.49. The molecule has 1 atom stereocenters. The maximum Gasteiger partial charge on any atom is 0.0424 e. The van der Waals surface area contributed by atoms with Gasteiger partial charge in [0.05, 0.1) is 0 Å². The summed E-state index contributed by atoms with van der Waals surface area (Å²) in [4.78, 5) is 2.30. The van der Waals surface area contributed by atoms with E-state index >= 15 is 0 Å². The van der Waals surface area contributed by atoms with Gasteiger partial charge in [-0.2, -0.15) is 0 Å². The molecule has 1 aromatic carbocycles. The first-order valence-electron chi connectivity index (χ1n) is 5.99. The monoisotopic (exact) mass is 220 g/mol. The molecule has 2 heteroatoms. The minimum Gasteiger partial charge on any atom is -0.323 e. The van der Waals surface area contributed by atoms with E-state index in [1.807, 2.05) is 0 Å². The van der Waals surface area contributed by atoms with E-state index in [9.17, 15) is 0 Å². The number of hydrogen-bond acceptors (Lipinski definition) is 2. The van der Waals surface area contributed by atoms with Crippen LogP contribution in [0.4, 0.5) is 0 Å². The van der Waals surface area contributed by atoms with E-state index in [0.29, 0.717) is 5.92 Å². The molecule has 0 aliphatic carbocycles. The molecule has 0 saturated carbocycles. The summed E-state index contributed by atoms with van der Waals surface area (Å²) >= 11 is 0. The molecule has 0 aliphatic heterocycles. The third-order valence-corrected chi connectivity index (χ3v) is 2.69. The number of benzene rings is 1. The van der Waals surface area contributed by atoms with E-state index in [2.05, 4.69) is 57.0 Å². The van der Waals surface area contributed by atoms with Gasteiger partial charge in [-0.05, 0) is 25.5 Å². The van der Waals surface area contributed by atoms with Crippen molar-refractivity contribution in [3.63, 3.8) is 0 Å². The SMILES string of the molecule is Cc1ccc(C(N)CN(C)CC(C)C)cc1. The van der Waals surface area contributed by atoms with Gasteiger partial charge in [-0.25, -0.2) is 0 Å². The van der Waals surface area contributed by atoms with Crippen LogP contribution < -0.4 is 5.73 Å². The van der Waals surface area contributed by atoms with Crippen molar-refractivity contribution in [3.8, 4) is 0 Å². The van der Waals surface area contributed by atoms with E-state index in [0.717, 1.165) is 13.1 Å². The Bertz CT molecular complexity index is 303. The molecule has 2 nitrogen and oxygen atoms in total. The van der Waals surface area contributed by atoms with Gasteiger partial charge in [-0.15, -0.1) is 0 Å². The summed E-state index contributed by atoms with van der Waals surface area (Å²) in [5.74, 6) is 0.690. The highest BCUT2D eigenvalue weighted by atomic mass is 15.1. The van der Waals surface area contributed by atoms with Crippen LogP contribution in [0.2, 0.25) is 0 Å². The first-order valence-corrected chi connectivity index (χ1v) is 5.99. The van der Waals surface area contributed by atoms with Crippen LogP contribution in [0.15, 0.2) is 24.3 Å². The number of rotatable bonds is 5. The second-order valence-corrected chi connectivity index (χ2v) is 5.13. The zero-order chi connectivity index (χ0) is 12.1. The topological polar surface area (TPSA) is 29.3 Å². The maximum atomic E-state index is 6.18. The third kappa shape index (κ3) is 4.33. The average Bonchev–Trinajstić information content (AvgIpc) is 2.16. The van der Waals surface area contributed by atoms with Gasteiger partial charge in [0.1, 0.15) is 0 Å². The molecule has 0 amide bonds. The van der Waals surface area contributed by atoms with E-state index < -0.39 is 0 Å². The summed E-state index contributed by atoms with van der Waals surface area (Å²) in [6.07, 6.45) is 0. The number of nitrogens with zero attached hydrogens (tertiary/aromatic N) is 1. The Morgan fingerprint density at radius 3 is 2.19 bits per heavy atom. The molecule has 1 unspecified atom stereocenters. The van der Waals surface area contributed by atoms with Gasteiger partial charge < -0.3 is 10.6 Å². The Balaban J connectivity index is 2.51. The Kier molecular flexibility index (Phi) is 4.97. The summed E-state index contributed by atoms with van der Waals surface area (Å²) < 4.78 is 0. The predicted molar refractivity (Wildman–Crippen MR) is 70.4 cm³/mol. The summed E-state index contributed by atoms with van der Waals surface area (Å²) in [6.45, 7) is 8.57. The van der Waals surface area contributed by atoms with Crippen molar-refractivity contribution >= 4 is 0 Å². The minimum absolute atomic E-state index is 0.115. The van der Waals surface area contributed by atoms with Crippen LogP contribution in [0.5, 0.6) is 0 Å². The van der Waals surface area contributed by atoms with Gasteiger partial charge in [0.15, 0.2) is 0 Å². The molecule has 0 radical (unpaired) electrons. The number of hydrogen-bond donors (Lipinski definition) is 1. The summed E-state index contributed by atoms with van der Waals surface area (Å²) in [7, 11) is 2.13. The molecule has 0 aromatic heterocycles. The first kappa shape index (κ1) is 13.2. The quantitative estimate of drug-likeness (QED) is 0.826. The van der Waals surface area contributed by atoms with Gasteiger partial charge in [0, 0.05) is 19.1 Å². The fourth-order valence-electron chi connectivity index (χ4n) is 1.95. The highest BCUT2D eigenvalue weighted by molar-refractivity contribution is 5.24. The Morgan fingerprint density at radius 2 is 1.69 bits per heavy atom. The lowest BCUT2D eigenvalue weighted by atomic mass is 10.1. The molecular formula is C14H24N2. The van der Waals surface area contributed by atoms with Crippen molar-refractivity contribution in [3.05, 3.63) is 35.4 Å². The van der Waals surface area contributed by atoms with Gasteiger partial charge in [0.25, 0.3) is 0 Å². The molecule has 16 heavy (non-hydrogen) atoms. The van der Waals surface area contributed by atoms with Crippen LogP contribution in [0, 0.1) is 12.8 Å². The van der Waals surface area contributed by atoms with Crippen LogP contribution >= 0.6 is 0 Å². The summed E-state index contributed by atoms with van der Waals surface area (Å²) in [6, 6.07) is 8.62. The second kappa shape index (κ2) is 6.02. The summed E-state index contributed by atoms with van der Waals surface area (Å²) in [5, 5.41) is 0. The third-order valence-electron chi connectivity index (χ3n) is 2.69. The molecule has 0 spiro atoms. The zero-order valence-electron chi connectivity index (χ0n) is 10.9. The number of nitrogens with two attached hydrogens (primary N) is 1. The highest BCUT2D eigenvalue weighted by Crippen LogP contribution is 2.12. The smallest absolute Gasteiger partial charge is 0.0424 e. The maximum absolute atomic E-state index is 6.18. The van der Waals surface area contributed by atoms with Gasteiger partial charge in [-0.3, -0.25) is 0 Å². The van der Waals surface area contributed by atoms with E-state index in [1.165, 1.54) is 11.1 Å². The molecule has 1 aromatic rings. The second-order valence-electron chi connectivity index (χ2n) is 5.13. The van der Waals surface area contributed by atoms with E-state index in [4.69, 9.17) is 5.73 Å². The number of likely N-dealkylation sites (N-methyl/N-ethyl adjacent to an activating group) is 1. The van der Waals surface area contributed by atoms with Crippen molar-refractivity contribution in [2.45, 2.75) is 26.8 Å². The lowest BCUT2D eigenvalue weighted by Gasteiger charge is -2.23. The van der Waals surface area contributed by atoms with Crippen molar-refractivity contribution < 1.29 is 0 Å². The molecule has 0 bridgehead atoms. The molecule has 0 aliphatic rings. The van der Waals surface area contributed by atoms with Crippen molar-refractivity contribution in [2.24, 2.45) is 11.7 Å². The number of aryl methyl sites for hydroxylation is 1. The van der Waals surface area contributed by atoms with Crippen LogP contribution in [0.3, 0.4) is 0 Å². The molecular weight excluding hydrogens is 196 g/mol. The summed E-state index contributed by atoms with van der Waals surface area (Å²) in [5.41, 5.74) is 8.69. The van der Waals surface area contributed by atoms with Gasteiger partial charge in [-0.1, -0.05) is 43.7 Å². The molecule has 0 saturated heterocycles. The van der Waals surface area contributed by atoms with Crippen LogP contribution in [0.25, 0.3) is 0 Å². The molecule has 90 valence electrons. The average molecular weight is 220 g/mol. The van der Waals surface area contributed by atoms with E-state index in [1.54, 1.807) is 0 Å². The van der Waals surface area contributed by atoms with E-state index in [-0.39, 0.29) is 6.04 Å². The zero-order valence-corrected chi connectivity index (χ0v) is 10.9. The normalized spacial score (nSPS) is 13.4. The Hall–Kier alpha value is -0.860. The van der Waals surface area contributed by atoms with Crippen LogP contribution in [-0.2, 0) is 0 Å². The highest BCUT2D eigenvalue weighted by Gasteiger charge is 2.09. The van der Waals surface area contributed by atoms with Crippen molar-refractivity contribution in [2.75, 3.05) is 20.1 Å². The molecule has 0 fully saturated rings. The largest absolute Gasteiger partial charge is 0.323 e. The standard InChI is InChI=1S/C14H24N2/c1-11(2)9-16(4)10-14(15)13-7-5-12(3)6-8-13/h5-8,11,14H,9-10,15H2,1-4H3. The van der Waals surface area contributed by atoms with Crippen LogP contribution in [0.1, 0.15) is 31.0 Å². The van der Waals surface area contributed by atoms with Crippen molar-refractivity contribution in [1.29, 1.82) is 0 Å². The fraction of sp³-hybridized carbons (Fsp3) is 0.571. The molecule has 1 rings (SSSR count). The Morgan fingerprint density at radius 1 is 1.12 bits per heavy atom. The molecule has 0 heterocycles. The Labute approximate surface area is 99.5 Å². The fourth-order valence-corrected chi connectivity index (χ4v) is 1.95. The minimum atomic E-state index is 0.115. The molecule has 2 N–H and O–H groups in total.